The van der Waals surface area contributed by atoms with E-state index in [4.69, 9.17) is 10.8 Å². The van der Waals surface area contributed by atoms with E-state index < -0.39 is 0 Å². The highest BCUT2D eigenvalue weighted by Crippen LogP contribution is 2.11. The number of aromatic nitrogens is 7. The largest absolute Gasteiger partial charge is 0.339 e. The molecule has 4 rings (SSSR count). The third kappa shape index (κ3) is 3.75. The number of nitrogens with zero attached hydrogens (tertiary/aromatic N) is 8. The third-order valence-electron chi connectivity index (χ3n) is 4.61. The molecule has 0 aliphatic heterocycles. The minimum Gasteiger partial charge on any atom is -0.314 e. The van der Waals surface area contributed by atoms with Gasteiger partial charge in [0, 0.05) is 36.9 Å². The maximum absolute atomic E-state index is 13.1. The zero-order valence-electron chi connectivity index (χ0n) is 16.9. The van der Waals surface area contributed by atoms with Crippen LogP contribution in [0.2, 0.25) is 0 Å². The van der Waals surface area contributed by atoms with Gasteiger partial charge in [-0.25, -0.2) is 24.7 Å². The molecule has 0 saturated carbocycles. The van der Waals surface area contributed by atoms with Crippen molar-refractivity contribution in [2.24, 2.45) is 0 Å². The molecule has 31 heavy (non-hydrogen) atoms. The van der Waals surface area contributed by atoms with Crippen molar-refractivity contribution in [1.29, 1.82) is 10.8 Å². The minimum absolute atomic E-state index is 0.0679. The fraction of sp³-hybridized carbons (Fsp3) is 0.150. The van der Waals surface area contributed by atoms with Gasteiger partial charge in [-0.1, -0.05) is 6.07 Å². The first-order valence-corrected chi connectivity index (χ1v) is 9.45. The lowest BCUT2D eigenvalue weighted by Crippen LogP contribution is -2.36. The van der Waals surface area contributed by atoms with Gasteiger partial charge in [-0.15, -0.1) is 0 Å². The summed E-state index contributed by atoms with van der Waals surface area (Å²) in [7, 11) is 0. The molecule has 4 aromatic rings. The number of amidine groups is 1. The molecule has 0 radical (unpaired) electrons. The SMILES string of the molecule is CC(C)N(C=N)C(=N)c1cccc(-n2ccn(-c3cc(-n4ccnc4)ncn3)c2=O)n1. The van der Waals surface area contributed by atoms with Gasteiger partial charge in [-0.05, 0) is 26.0 Å². The van der Waals surface area contributed by atoms with Gasteiger partial charge in [0.25, 0.3) is 0 Å². The van der Waals surface area contributed by atoms with Gasteiger partial charge in [0.2, 0.25) is 0 Å². The summed E-state index contributed by atoms with van der Waals surface area (Å²) >= 11 is 0. The van der Waals surface area contributed by atoms with E-state index >= 15 is 0 Å². The van der Waals surface area contributed by atoms with Crippen LogP contribution in [0, 0.1) is 10.8 Å². The number of hydrogen-bond donors (Lipinski definition) is 2. The number of imidazole rings is 2. The van der Waals surface area contributed by atoms with Crippen LogP contribution in [-0.4, -0.2) is 56.8 Å². The summed E-state index contributed by atoms with van der Waals surface area (Å²) in [6.07, 6.45) is 10.7. The normalized spacial score (nSPS) is 10.9. The van der Waals surface area contributed by atoms with E-state index in [1.807, 2.05) is 13.8 Å². The maximum atomic E-state index is 13.1. The fourth-order valence-corrected chi connectivity index (χ4v) is 3.02. The Kier molecular flexibility index (Phi) is 5.22. The van der Waals surface area contributed by atoms with E-state index in [1.54, 1.807) is 59.9 Å². The van der Waals surface area contributed by atoms with Crippen LogP contribution in [0.25, 0.3) is 17.5 Å². The van der Waals surface area contributed by atoms with Gasteiger partial charge < -0.3 is 4.90 Å². The average molecular weight is 416 g/mol. The van der Waals surface area contributed by atoms with E-state index in [0.29, 0.717) is 23.1 Å². The second-order valence-corrected chi connectivity index (χ2v) is 6.88. The van der Waals surface area contributed by atoms with Crippen molar-refractivity contribution in [1.82, 2.24) is 38.5 Å². The molecule has 4 aromatic heterocycles. The highest BCUT2D eigenvalue weighted by Gasteiger charge is 2.16. The Balaban J connectivity index is 1.70. The standard InChI is InChI=1S/C20H20N10O/c1-14(2)30(11-21)19(22)15-4-3-5-16(26-15)28-8-9-29(20(28)31)18-10-17(24-12-25-18)27-7-6-23-13-27/h3-14,21-22H,1-2H3. The van der Waals surface area contributed by atoms with Gasteiger partial charge in [0.15, 0.2) is 5.84 Å². The van der Waals surface area contributed by atoms with Crippen LogP contribution in [0.3, 0.4) is 0 Å². The monoisotopic (exact) mass is 416 g/mol. The highest BCUT2D eigenvalue weighted by atomic mass is 16.1. The van der Waals surface area contributed by atoms with Crippen LogP contribution in [0.1, 0.15) is 19.5 Å². The second-order valence-electron chi connectivity index (χ2n) is 6.88. The van der Waals surface area contributed by atoms with E-state index in [1.165, 1.54) is 20.4 Å². The smallest absolute Gasteiger partial charge is 0.314 e. The van der Waals surface area contributed by atoms with Crippen molar-refractivity contribution in [2.75, 3.05) is 0 Å². The van der Waals surface area contributed by atoms with E-state index in [9.17, 15) is 4.79 Å². The van der Waals surface area contributed by atoms with Crippen LogP contribution >= 0.6 is 0 Å². The molecule has 0 aromatic carbocycles. The van der Waals surface area contributed by atoms with Crippen LogP contribution in [0.15, 0.2) is 66.5 Å². The van der Waals surface area contributed by atoms with E-state index in [2.05, 4.69) is 19.9 Å². The molecule has 0 aliphatic rings. The van der Waals surface area contributed by atoms with Crippen molar-refractivity contribution in [3.05, 3.63) is 77.9 Å². The maximum Gasteiger partial charge on any atom is 0.339 e. The van der Waals surface area contributed by atoms with Gasteiger partial charge in [0.05, 0.1) is 6.34 Å². The molecule has 0 saturated heterocycles. The van der Waals surface area contributed by atoms with Gasteiger partial charge in [-0.2, -0.15) is 0 Å². The molecule has 11 heteroatoms. The van der Waals surface area contributed by atoms with Crippen molar-refractivity contribution >= 4 is 12.2 Å². The number of hydrogen-bond acceptors (Lipinski definition) is 7. The first-order chi connectivity index (χ1) is 15.0. The summed E-state index contributed by atoms with van der Waals surface area (Å²) in [6, 6.07) is 6.69. The topological polar surface area (TPSA) is 134 Å². The predicted octanol–water partition coefficient (Wildman–Crippen LogP) is 1.64. The zero-order chi connectivity index (χ0) is 22.0. The molecule has 0 amide bonds. The molecule has 0 atom stereocenters. The quantitative estimate of drug-likeness (QED) is 0.362. The lowest BCUT2D eigenvalue weighted by atomic mass is 10.2. The number of pyridine rings is 1. The van der Waals surface area contributed by atoms with Crippen LogP contribution in [0.4, 0.5) is 0 Å². The third-order valence-corrected chi connectivity index (χ3v) is 4.61. The van der Waals surface area contributed by atoms with Gasteiger partial charge in [0.1, 0.15) is 35.8 Å². The van der Waals surface area contributed by atoms with Crippen molar-refractivity contribution < 1.29 is 0 Å². The summed E-state index contributed by atoms with van der Waals surface area (Å²) in [5, 5.41) is 15.9. The molecule has 0 fully saturated rings. The first kappa shape index (κ1) is 19.9. The average Bonchev–Trinajstić information content (AvgIpc) is 3.44. The predicted molar refractivity (Wildman–Crippen MR) is 114 cm³/mol. The fourth-order valence-electron chi connectivity index (χ4n) is 3.02. The Morgan fingerprint density at radius 1 is 1.10 bits per heavy atom. The number of rotatable bonds is 6. The molecule has 0 aliphatic carbocycles. The van der Waals surface area contributed by atoms with Gasteiger partial charge >= 0.3 is 5.69 Å². The molecule has 156 valence electrons. The Morgan fingerprint density at radius 3 is 2.52 bits per heavy atom. The summed E-state index contributed by atoms with van der Waals surface area (Å²) in [4.78, 5) is 31.4. The molecule has 4 heterocycles. The van der Waals surface area contributed by atoms with E-state index in [0.717, 1.165) is 6.34 Å². The lowest BCUT2D eigenvalue weighted by Gasteiger charge is -2.23. The van der Waals surface area contributed by atoms with Crippen LogP contribution in [0.5, 0.6) is 0 Å². The molecule has 0 unspecified atom stereocenters. The highest BCUT2D eigenvalue weighted by molar-refractivity contribution is 6.00. The Morgan fingerprint density at radius 2 is 1.84 bits per heavy atom. The molecule has 0 spiro atoms. The molecular weight excluding hydrogens is 396 g/mol. The minimum atomic E-state index is -0.362. The Labute approximate surface area is 177 Å². The van der Waals surface area contributed by atoms with Crippen molar-refractivity contribution in [3.8, 4) is 17.5 Å². The zero-order valence-corrected chi connectivity index (χ0v) is 16.9. The first-order valence-electron chi connectivity index (χ1n) is 9.45. The lowest BCUT2D eigenvalue weighted by molar-refractivity contribution is 0.507. The molecular formula is C20H20N10O. The second kappa shape index (κ2) is 8.14. The summed E-state index contributed by atoms with van der Waals surface area (Å²) < 4.78 is 4.48. The van der Waals surface area contributed by atoms with Gasteiger partial charge in [-0.3, -0.25) is 24.5 Å². The number of nitrogens with one attached hydrogen (secondary N) is 2. The van der Waals surface area contributed by atoms with Crippen molar-refractivity contribution in [3.63, 3.8) is 0 Å². The van der Waals surface area contributed by atoms with E-state index in [-0.39, 0.29) is 17.6 Å². The van der Waals surface area contributed by atoms with Crippen LogP contribution in [-0.2, 0) is 0 Å². The summed E-state index contributed by atoms with van der Waals surface area (Å²) in [6.45, 7) is 3.77. The van der Waals surface area contributed by atoms with Crippen LogP contribution < -0.4 is 5.69 Å². The molecule has 11 nitrogen and oxygen atoms in total. The summed E-state index contributed by atoms with van der Waals surface area (Å²) in [5.74, 6) is 1.43. The molecule has 0 bridgehead atoms. The Bertz CT molecular complexity index is 1290. The molecule has 2 N–H and O–H groups in total. The summed E-state index contributed by atoms with van der Waals surface area (Å²) in [5.41, 5.74) is -0.00184. The Hall–Kier alpha value is -4.41. The van der Waals surface area contributed by atoms with Crippen molar-refractivity contribution in [2.45, 2.75) is 19.9 Å².